The molecule has 1 fully saturated rings. The predicted molar refractivity (Wildman–Crippen MR) is 36.0 cm³/mol. The quantitative estimate of drug-likeness (QED) is 0.368. The van der Waals surface area contributed by atoms with Gasteiger partial charge in [-0.3, -0.25) is 4.79 Å². The van der Waals surface area contributed by atoms with Crippen LogP contribution in [-0.2, 0) is 4.79 Å². The molecule has 4 heteroatoms. The first-order valence-corrected chi connectivity index (χ1v) is 3.19. The van der Waals surface area contributed by atoms with Crippen molar-refractivity contribution in [3.63, 3.8) is 0 Å². The fourth-order valence-electron chi connectivity index (χ4n) is 0.986. The Kier molecular flexibility index (Phi) is 1.61. The van der Waals surface area contributed by atoms with E-state index in [0.717, 1.165) is 0 Å². The monoisotopic (exact) mass is 142 g/mol. The number of nitrogens with zero attached hydrogens (tertiary/aromatic N) is 1. The fraction of sp³-hybridized carbons (Fsp3) is 0.667. The van der Waals surface area contributed by atoms with Gasteiger partial charge in [0.05, 0.1) is 0 Å². The second-order valence-corrected chi connectivity index (χ2v) is 2.54. The van der Waals surface area contributed by atoms with E-state index in [1.54, 1.807) is 0 Å². The molecule has 0 radical (unpaired) electrons. The highest BCUT2D eigenvalue weighted by molar-refractivity contribution is 6.41. The van der Waals surface area contributed by atoms with E-state index in [4.69, 9.17) is 5.21 Å². The van der Waals surface area contributed by atoms with Gasteiger partial charge in [0.2, 0.25) is 0 Å². The van der Waals surface area contributed by atoms with Crippen LogP contribution in [0.5, 0.6) is 0 Å². The molecular formula is C6H10N2O2. The van der Waals surface area contributed by atoms with Crippen LogP contribution in [0, 0.1) is 5.92 Å². The van der Waals surface area contributed by atoms with Crippen molar-refractivity contribution < 1.29 is 10.0 Å². The van der Waals surface area contributed by atoms with Crippen LogP contribution in [0.4, 0.5) is 0 Å². The minimum absolute atomic E-state index is 0.0116. The van der Waals surface area contributed by atoms with Crippen LogP contribution in [0.15, 0.2) is 5.16 Å². The Labute approximate surface area is 58.9 Å². The fourth-order valence-corrected chi connectivity index (χ4v) is 0.986. The summed E-state index contributed by atoms with van der Waals surface area (Å²) in [5.74, 6) is -0.250. The Morgan fingerprint density at radius 3 is 2.40 bits per heavy atom. The van der Waals surface area contributed by atoms with Gasteiger partial charge in [-0.05, 0) is 6.92 Å². The molecule has 1 amide bonds. The van der Waals surface area contributed by atoms with E-state index in [0.29, 0.717) is 0 Å². The van der Waals surface area contributed by atoms with Crippen molar-refractivity contribution in [2.45, 2.75) is 19.9 Å². The Morgan fingerprint density at radius 2 is 2.20 bits per heavy atom. The molecule has 10 heavy (non-hydrogen) atoms. The first kappa shape index (κ1) is 7.05. The molecule has 0 saturated carbocycles. The van der Waals surface area contributed by atoms with E-state index in [1.807, 2.05) is 13.8 Å². The average Bonchev–Trinajstić information content (AvgIpc) is 2.09. The molecule has 0 aromatic rings. The second kappa shape index (κ2) is 2.28. The number of hydrogen-bond acceptors (Lipinski definition) is 3. The van der Waals surface area contributed by atoms with Crippen molar-refractivity contribution in [1.82, 2.24) is 5.32 Å². The Hall–Kier alpha value is -1.06. The van der Waals surface area contributed by atoms with Crippen LogP contribution >= 0.6 is 0 Å². The van der Waals surface area contributed by atoms with E-state index in [1.165, 1.54) is 0 Å². The summed E-state index contributed by atoms with van der Waals surface area (Å²) in [6, 6.07) is 0.0819. The van der Waals surface area contributed by atoms with E-state index in [2.05, 4.69) is 10.5 Å². The van der Waals surface area contributed by atoms with Gasteiger partial charge >= 0.3 is 0 Å². The zero-order chi connectivity index (χ0) is 7.72. The van der Waals surface area contributed by atoms with E-state index < -0.39 is 0 Å². The minimum Gasteiger partial charge on any atom is -0.410 e. The minimum atomic E-state index is -0.262. The third kappa shape index (κ3) is 0.853. The summed E-state index contributed by atoms with van der Waals surface area (Å²) < 4.78 is 0. The van der Waals surface area contributed by atoms with Crippen LogP contribution in [0.1, 0.15) is 13.8 Å². The lowest BCUT2D eigenvalue weighted by molar-refractivity contribution is -0.114. The summed E-state index contributed by atoms with van der Waals surface area (Å²) >= 11 is 0. The molecule has 0 aromatic carbocycles. The number of hydrogen-bond donors (Lipinski definition) is 2. The molecular weight excluding hydrogens is 132 g/mol. The molecule has 1 rings (SSSR count). The van der Waals surface area contributed by atoms with Crippen molar-refractivity contribution in [3.05, 3.63) is 0 Å². The van der Waals surface area contributed by atoms with Gasteiger partial charge in [-0.25, -0.2) is 0 Å². The summed E-state index contributed by atoms with van der Waals surface area (Å²) in [5, 5.41) is 13.9. The van der Waals surface area contributed by atoms with E-state index in [-0.39, 0.29) is 23.6 Å². The Bertz CT molecular complexity index is 188. The van der Waals surface area contributed by atoms with Crippen molar-refractivity contribution in [2.75, 3.05) is 0 Å². The lowest BCUT2D eigenvalue weighted by atomic mass is 10.0. The maximum atomic E-state index is 10.8. The third-order valence-corrected chi connectivity index (χ3v) is 1.88. The maximum absolute atomic E-state index is 10.8. The van der Waals surface area contributed by atoms with Gasteiger partial charge in [-0.1, -0.05) is 12.1 Å². The van der Waals surface area contributed by atoms with Crippen molar-refractivity contribution in [3.8, 4) is 0 Å². The van der Waals surface area contributed by atoms with Crippen LogP contribution in [0.2, 0.25) is 0 Å². The first-order chi connectivity index (χ1) is 4.66. The largest absolute Gasteiger partial charge is 0.410 e. The molecule has 56 valence electrons. The average molecular weight is 142 g/mol. The Morgan fingerprint density at radius 1 is 1.60 bits per heavy atom. The van der Waals surface area contributed by atoms with Crippen LogP contribution < -0.4 is 5.32 Å². The SMILES string of the molecule is CC1NC(=O)/C(=N/O)C1C. The topological polar surface area (TPSA) is 61.7 Å². The molecule has 1 saturated heterocycles. The highest BCUT2D eigenvalue weighted by Gasteiger charge is 2.33. The van der Waals surface area contributed by atoms with Gasteiger partial charge in [0.15, 0.2) is 0 Å². The first-order valence-electron chi connectivity index (χ1n) is 3.19. The van der Waals surface area contributed by atoms with E-state index >= 15 is 0 Å². The number of nitrogens with one attached hydrogen (secondary N) is 1. The van der Waals surface area contributed by atoms with Crippen LogP contribution in [-0.4, -0.2) is 22.9 Å². The highest BCUT2D eigenvalue weighted by atomic mass is 16.4. The lowest BCUT2D eigenvalue weighted by Gasteiger charge is -2.04. The Balaban J connectivity index is 2.85. The molecule has 1 heterocycles. The predicted octanol–water partition coefficient (Wildman–Crippen LogP) is -0.0290. The van der Waals surface area contributed by atoms with Crippen LogP contribution in [0.3, 0.4) is 0 Å². The summed E-state index contributed by atoms with van der Waals surface area (Å²) in [6.07, 6.45) is 0. The number of carbonyl (C=O) groups is 1. The van der Waals surface area contributed by atoms with E-state index in [9.17, 15) is 4.79 Å². The number of carbonyl (C=O) groups excluding carboxylic acids is 1. The van der Waals surface area contributed by atoms with Gasteiger partial charge in [0.25, 0.3) is 5.91 Å². The normalized spacial score (nSPS) is 36.6. The zero-order valence-corrected chi connectivity index (χ0v) is 5.96. The smallest absolute Gasteiger partial charge is 0.269 e. The second-order valence-electron chi connectivity index (χ2n) is 2.54. The molecule has 2 atom stereocenters. The van der Waals surface area contributed by atoms with Gasteiger partial charge in [0.1, 0.15) is 5.71 Å². The maximum Gasteiger partial charge on any atom is 0.269 e. The standard InChI is InChI=1S/C6H10N2O2/c1-3-4(2)7-6(9)5(3)8-10/h3-4,10H,1-2H3,(H,7,9)/b8-5+. The van der Waals surface area contributed by atoms with Gasteiger partial charge in [-0.15, -0.1) is 0 Å². The number of amides is 1. The molecule has 4 nitrogen and oxygen atoms in total. The summed E-state index contributed by atoms with van der Waals surface area (Å²) in [6.45, 7) is 3.72. The molecule has 2 N–H and O–H groups in total. The van der Waals surface area contributed by atoms with Gasteiger partial charge in [-0.2, -0.15) is 0 Å². The van der Waals surface area contributed by atoms with Crippen molar-refractivity contribution >= 4 is 11.6 Å². The number of rotatable bonds is 0. The van der Waals surface area contributed by atoms with Gasteiger partial charge in [0, 0.05) is 12.0 Å². The summed E-state index contributed by atoms with van der Waals surface area (Å²) in [5.41, 5.74) is 0.229. The summed E-state index contributed by atoms with van der Waals surface area (Å²) in [4.78, 5) is 10.8. The summed E-state index contributed by atoms with van der Waals surface area (Å²) in [7, 11) is 0. The van der Waals surface area contributed by atoms with Crippen molar-refractivity contribution in [2.24, 2.45) is 11.1 Å². The molecule has 1 aliphatic heterocycles. The molecule has 0 spiro atoms. The number of oxime groups is 1. The lowest BCUT2D eigenvalue weighted by Crippen LogP contribution is -2.24. The molecule has 1 aliphatic rings. The molecule has 0 aliphatic carbocycles. The van der Waals surface area contributed by atoms with Crippen molar-refractivity contribution in [1.29, 1.82) is 0 Å². The molecule has 0 bridgehead atoms. The zero-order valence-electron chi connectivity index (χ0n) is 5.96. The molecule has 0 aromatic heterocycles. The van der Waals surface area contributed by atoms with Gasteiger partial charge < -0.3 is 10.5 Å². The van der Waals surface area contributed by atoms with Crippen LogP contribution in [0.25, 0.3) is 0 Å². The highest BCUT2D eigenvalue weighted by Crippen LogP contribution is 2.12. The third-order valence-electron chi connectivity index (χ3n) is 1.88. The molecule has 2 unspecified atom stereocenters.